The van der Waals surface area contributed by atoms with E-state index in [1.54, 1.807) is 6.26 Å². The van der Waals surface area contributed by atoms with E-state index in [0.29, 0.717) is 0 Å². The van der Waals surface area contributed by atoms with Crippen LogP contribution in [0.4, 0.5) is 11.8 Å². The first-order valence-electron chi connectivity index (χ1n) is 5.79. The lowest BCUT2D eigenvalue weighted by Crippen LogP contribution is -2.05. The second-order valence-corrected chi connectivity index (χ2v) is 4.88. The second kappa shape index (κ2) is 5.77. The number of aryl methyl sites for hydroxylation is 1. The monoisotopic (exact) mass is 264 g/mol. The van der Waals surface area contributed by atoms with Crippen LogP contribution in [0.3, 0.4) is 0 Å². The summed E-state index contributed by atoms with van der Waals surface area (Å²) in [7, 11) is 0. The van der Waals surface area contributed by atoms with Gasteiger partial charge in [0.15, 0.2) is 0 Å². The molecule has 0 aliphatic carbocycles. The number of nitrogens with two attached hydrogens (primary N) is 1. The zero-order valence-electron chi connectivity index (χ0n) is 10.4. The Labute approximate surface area is 110 Å². The average molecular weight is 264 g/mol. The number of aromatic nitrogens is 2. The maximum atomic E-state index is 5.70. The summed E-state index contributed by atoms with van der Waals surface area (Å²) >= 11 is 1.52. The Hall–Kier alpha value is -1.69. The van der Waals surface area contributed by atoms with Gasteiger partial charge < -0.3 is 15.5 Å². The zero-order chi connectivity index (χ0) is 13.0. The summed E-state index contributed by atoms with van der Waals surface area (Å²) in [4.78, 5) is 9.38. The van der Waals surface area contributed by atoms with Gasteiger partial charge in [0.1, 0.15) is 16.6 Å². The van der Waals surface area contributed by atoms with Gasteiger partial charge in [-0.25, -0.2) is 4.98 Å². The predicted octanol–water partition coefficient (Wildman–Crippen LogP) is 2.93. The molecule has 5 nitrogen and oxygen atoms in total. The van der Waals surface area contributed by atoms with Crippen molar-refractivity contribution in [2.24, 2.45) is 0 Å². The number of rotatable bonds is 5. The summed E-state index contributed by atoms with van der Waals surface area (Å²) in [6.45, 7) is 4.89. The van der Waals surface area contributed by atoms with Gasteiger partial charge in [-0.05, 0) is 19.4 Å². The van der Waals surface area contributed by atoms with E-state index in [1.807, 2.05) is 19.1 Å². The van der Waals surface area contributed by atoms with Crippen LogP contribution in [-0.2, 0) is 0 Å². The number of hydrogen-bond acceptors (Lipinski definition) is 6. The third kappa shape index (κ3) is 3.16. The maximum absolute atomic E-state index is 5.70. The molecule has 0 saturated carbocycles. The third-order valence-electron chi connectivity index (χ3n) is 2.30. The highest BCUT2D eigenvalue weighted by atomic mass is 32.2. The van der Waals surface area contributed by atoms with Crippen LogP contribution in [0.25, 0.3) is 0 Å². The van der Waals surface area contributed by atoms with Crippen LogP contribution in [0.5, 0.6) is 0 Å². The molecule has 2 rings (SSSR count). The molecule has 0 aromatic carbocycles. The van der Waals surface area contributed by atoms with Crippen molar-refractivity contribution in [3.8, 4) is 0 Å². The van der Waals surface area contributed by atoms with Crippen molar-refractivity contribution in [2.45, 2.75) is 30.2 Å². The van der Waals surface area contributed by atoms with Crippen LogP contribution in [0.15, 0.2) is 32.7 Å². The fourth-order valence-corrected chi connectivity index (χ4v) is 2.28. The van der Waals surface area contributed by atoms with Gasteiger partial charge in [0.05, 0.1) is 11.2 Å². The lowest BCUT2D eigenvalue weighted by atomic mass is 10.4. The molecular weight excluding hydrogens is 248 g/mol. The predicted molar refractivity (Wildman–Crippen MR) is 72.8 cm³/mol. The van der Waals surface area contributed by atoms with E-state index in [4.69, 9.17) is 10.2 Å². The van der Waals surface area contributed by atoms with Crippen molar-refractivity contribution < 1.29 is 4.42 Å². The van der Waals surface area contributed by atoms with E-state index in [1.165, 1.54) is 11.8 Å². The lowest BCUT2D eigenvalue weighted by molar-refractivity contribution is 0.527. The summed E-state index contributed by atoms with van der Waals surface area (Å²) < 4.78 is 5.25. The van der Waals surface area contributed by atoms with E-state index in [2.05, 4.69) is 22.2 Å². The van der Waals surface area contributed by atoms with Crippen molar-refractivity contribution in [1.29, 1.82) is 0 Å². The van der Waals surface area contributed by atoms with Gasteiger partial charge in [-0.1, -0.05) is 18.7 Å². The average Bonchev–Trinajstić information content (AvgIpc) is 2.72. The number of anilines is 2. The Balaban J connectivity index is 2.17. The van der Waals surface area contributed by atoms with Crippen LogP contribution in [-0.4, -0.2) is 16.5 Å². The van der Waals surface area contributed by atoms with E-state index < -0.39 is 0 Å². The molecule has 0 radical (unpaired) electrons. The second-order valence-electron chi connectivity index (χ2n) is 3.82. The molecule has 0 spiro atoms. The number of nitrogens with zero attached hydrogens (tertiary/aromatic N) is 2. The fourth-order valence-electron chi connectivity index (χ4n) is 1.43. The molecule has 0 saturated heterocycles. The molecule has 0 bridgehead atoms. The normalized spacial score (nSPS) is 10.6. The van der Waals surface area contributed by atoms with E-state index >= 15 is 0 Å². The maximum Gasteiger partial charge on any atom is 0.223 e. The molecule has 0 unspecified atom stereocenters. The SMILES string of the molecule is CCCNc1cc(Sc2ccoc2C)nc(N)n1. The number of nitrogen functional groups attached to an aromatic ring is 1. The molecule has 0 atom stereocenters. The topological polar surface area (TPSA) is 77.0 Å². The molecule has 0 amide bonds. The van der Waals surface area contributed by atoms with E-state index in [9.17, 15) is 0 Å². The summed E-state index contributed by atoms with van der Waals surface area (Å²) in [5.74, 6) is 1.91. The first-order valence-corrected chi connectivity index (χ1v) is 6.61. The molecule has 2 heterocycles. The molecular formula is C12H16N4OS. The molecule has 96 valence electrons. The Bertz CT molecular complexity index is 527. The van der Waals surface area contributed by atoms with E-state index in [-0.39, 0.29) is 5.95 Å². The van der Waals surface area contributed by atoms with Gasteiger partial charge in [0, 0.05) is 12.6 Å². The highest BCUT2D eigenvalue weighted by molar-refractivity contribution is 7.99. The summed E-state index contributed by atoms with van der Waals surface area (Å²) in [6, 6.07) is 3.81. The minimum atomic E-state index is 0.278. The first-order chi connectivity index (χ1) is 8.69. The van der Waals surface area contributed by atoms with Crippen LogP contribution >= 0.6 is 11.8 Å². The van der Waals surface area contributed by atoms with Crippen molar-refractivity contribution in [1.82, 2.24) is 9.97 Å². The van der Waals surface area contributed by atoms with E-state index in [0.717, 1.165) is 34.5 Å². The summed E-state index contributed by atoms with van der Waals surface area (Å²) in [6.07, 6.45) is 2.70. The van der Waals surface area contributed by atoms with Gasteiger partial charge >= 0.3 is 0 Å². The smallest absolute Gasteiger partial charge is 0.223 e. The fraction of sp³-hybridized carbons (Fsp3) is 0.333. The molecule has 6 heteroatoms. The summed E-state index contributed by atoms with van der Waals surface area (Å²) in [5.41, 5.74) is 5.70. The van der Waals surface area contributed by atoms with Crippen molar-refractivity contribution in [3.63, 3.8) is 0 Å². The summed E-state index contributed by atoms with van der Waals surface area (Å²) in [5, 5.41) is 4.01. The molecule has 0 aliphatic heterocycles. The van der Waals surface area contributed by atoms with Gasteiger partial charge in [0.2, 0.25) is 5.95 Å². The molecule has 0 aliphatic rings. The Morgan fingerprint density at radius 3 is 2.94 bits per heavy atom. The molecule has 3 N–H and O–H groups in total. The first kappa shape index (κ1) is 12.8. The Morgan fingerprint density at radius 1 is 1.44 bits per heavy atom. The minimum absolute atomic E-state index is 0.278. The highest BCUT2D eigenvalue weighted by Crippen LogP contribution is 2.30. The minimum Gasteiger partial charge on any atom is -0.468 e. The number of furan rings is 1. The van der Waals surface area contributed by atoms with Crippen molar-refractivity contribution in [3.05, 3.63) is 24.2 Å². The van der Waals surface area contributed by atoms with Gasteiger partial charge in [-0.2, -0.15) is 4.98 Å². The molecule has 0 fully saturated rings. The lowest BCUT2D eigenvalue weighted by Gasteiger charge is -2.06. The number of hydrogen-bond donors (Lipinski definition) is 2. The van der Waals surface area contributed by atoms with Crippen LogP contribution in [0.2, 0.25) is 0 Å². The third-order valence-corrected chi connectivity index (χ3v) is 3.36. The van der Waals surface area contributed by atoms with Crippen LogP contribution < -0.4 is 11.1 Å². The molecule has 2 aromatic heterocycles. The van der Waals surface area contributed by atoms with Gasteiger partial charge in [-0.15, -0.1) is 0 Å². The standard InChI is InChI=1S/C12H16N4OS/c1-3-5-14-10-7-11(16-12(13)15-10)18-9-4-6-17-8(9)2/h4,6-7H,3,5H2,1-2H3,(H3,13,14,15,16). The Morgan fingerprint density at radius 2 is 2.28 bits per heavy atom. The van der Waals surface area contributed by atoms with Crippen LogP contribution in [0, 0.1) is 6.92 Å². The largest absolute Gasteiger partial charge is 0.468 e. The van der Waals surface area contributed by atoms with Crippen molar-refractivity contribution >= 4 is 23.5 Å². The van der Waals surface area contributed by atoms with Crippen molar-refractivity contribution in [2.75, 3.05) is 17.6 Å². The number of nitrogens with one attached hydrogen (secondary N) is 1. The molecule has 2 aromatic rings. The van der Waals surface area contributed by atoms with Gasteiger partial charge in [-0.3, -0.25) is 0 Å². The zero-order valence-corrected chi connectivity index (χ0v) is 11.3. The molecule has 18 heavy (non-hydrogen) atoms. The Kier molecular flexibility index (Phi) is 4.09. The van der Waals surface area contributed by atoms with Gasteiger partial charge in [0.25, 0.3) is 0 Å². The van der Waals surface area contributed by atoms with Crippen LogP contribution in [0.1, 0.15) is 19.1 Å². The highest BCUT2D eigenvalue weighted by Gasteiger charge is 2.07. The quantitative estimate of drug-likeness (QED) is 0.808.